The average molecular weight is 396 g/mol. The highest BCUT2D eigenvalue weighted by molar-refractivity contribution is 5.91. The summed E-state index contributed by atoms with van der Waals surface area (Å²) < 4.78 is 25.7. The lowest BCUT2D eigenvalue weighted by Crippen LogP contribution is -2.47. The molecule has 0 unspecified atom stereocenters. The lowest BCUT2D eigenvalue weighted by Gasteiger charge is -2.41. The van der Waals surface area contributed by atoms with Gasteiger partial charge in [0.2, 0.25) is 5.91 Å². The van der Waals surface area contributed by atoms with Crippen molar-refractivity contribution in [3.8, 4) is 0 Å². The van der Waals surface area contributed by atoms with E-state index in [1.807, 2.05) is 25.1 Å². The van der Waals surface area contributed by atoms with Crippen LogP contribution in [0.1, 0.15) is 22.7 Å². The maximum Gasteiger partial charge on any atom is 0.244 e. The number of hydrogen-bond donors (Lipinski definition) is 1. The Kier molecular flexibility index (Phi) is 6.04. The second-order valence-electron chi connectivity index (χ2n) is 7.53. The van der Waals surface area contributed by atoms with Crippen LogP contribution in [0.3, 0.4) is 0 Å². The lowest BCUT2D eigenvalue weighted by atomic mass is 10.0. The number of carbonyl (C=O) groups excluding carboxylic acids is 1. The SMILES string of the molecule is Cc1cccc(CO[C@H]2OCCN(CC3=CC(=O)NC3)[C@H]2c2ccc(F)cc2)c1. The molecular formula is C23H25FN2O3. The number of nitrogens with one attached hydrogen (secondary N) is 1. The van der Waals surface area contributed by atoms with Gasteiger partial charge >= 0.3 is 0 Å². The van der Waals surface area contributed by atoms with E-state index >= 15 is 0 Å². The molecule has 2 heterocycles. The third-order valence-electron chi connectivity index (χ3n) is 5.25. The van der Waals surface area contributed by atoms with E-state index in [0.717, 1.165) is 16.7 Å². The Morgan fingerprint density at radius 1 is 1.24 bits per heavy atom. The predicted octanol–water partition coefficient (Wildman–Crippen LogP) is 3.11. The van der Waals surface area contributed by atoms with E-state index in [1.165, 1.54) is 17.7 Å². The summed E-state index contributed by atoms with van der Waals surface area (Å²) in [6.45, 7) is 4.91. The molecule has 1 fully saturated rings. The number of morpholine rings is 1. The van der Waals surface area contributed by atoms with Gasteiger partial charge in [-0.2, -0.15) is 0 Å². The molecule has 152 valence electrons. The molecular weight excluding hydrogens is 371 g/mol. The first-order valence-electron chi connectivity index (χ1n) is 9.84. The van der Waals surface area contributed by atoms with Crippen LogP contribution in [0, 0.1) is 12.7 Å². The van der Waals surface area contributed by atoms with Gasteiger partial charge in [-0.3, -0.25) is 9.69 Å². The molecule has 0 aliphatic carbocycles. The first kappa shape index (κ1) is 19.8. The number of benzene rings is 2. The highest BCUT2D eigenvalue weighted by Gasteiger charge is 2.35. The lowest BCUT2D eigenvalue weighted by molar-refractivity contribution is -0.215. The fourth-order valence-corrected chi connectivity index (χ4v) is 3.86. The fraction of sp³-hybridized carbons (Fsp3) is 0.348. The van der Waals surface area contributed by atoms with Crippen molar-refractivity contribution in [1.29, 1.82) is 0 Å². The van der Waals surface area contributed by atoms with E-state index in [4.69, 9.17) is 9.47 Å². The summed E-state index contributed by atoms with van der Waals surface area (Å²) in [6, 6.07) is 14.5. The zero-order valence-electron chi connectivity index (χ0n) is 16.4. The number of nitrogens with zero attached hydrogens (tertiary/aromatic N) is 1. The van der Waals surface area contributed by atoms with Gasteiger partial charge in [0, 0.05) is 25.7 Å². The summed E-state index contributed by atoms with van der Waals surface area (Å²) in [5.41, 5.74) is 4.22. The van der Waals surface area contributed by atoms with Crippen molar-refractivity contribution in [3.05, 3.63) is 82.7 Å². The predicted molar refractivity (Wildman–Crippen MR) is 108 cm³/mol. The number of carbonyl (C=O) groups is 1. The molecule has 0 aromatic heterocycles. The van der Waals surface area contributed by atoms with E-state index in [1.54, 1.807) is 18.2 Å². The van der Waals surface area contributed by atoms with Gasteiger partial charge in [0.05, 0.1) is 19.3 Å². The summed E-state index contributed by atoms with van der Waals surface area (Å²) in [5.74, 6) is -0.332. The Balaban J connectivity index is 1.55. The number of amides is 1. The Labute approximate surface area is 170 Å². The molecule has 0 radical (unpaired) electrons. The summed E-state index contributed by atoms with van der Waals surface area (Å²) in [4.78, 5) is 13.8. The van der Waals surface area contributed by atoms with Crippen molar-refractivity contribution in [1.82, 2.24) is 10.2 Å². The van der Waals surface area contributed by atoms with Crippen LogP contribution < -0.4 is 5.32 Å². The van der Waals surface area contributed by atoms with Crippen LogP contribution in [-0.4, -0.2) is 43.3 Å². The molecule has 1 amide bonds. The van der Waals surface area contributed by atoms with Crippen molar-refractivity contribution < 1.29 is 18.7 Å². The summed E-state index contributed by atoms with van der Waals surface area (Å²) in [6.07, 6.45) is 1.17. The van der Waals surface area contributed by atoms with E-state index in [9.17, 15) is 9.18 Å². The molecule has 6 heteroatoms. The van der Waals surface area contributed by atoms with Gasteiger partial charge < -0.3 is 14.8 Å². The monoisotopic (exact) mass is 396 g/mol. The van der Waals surface area contributed by atoms with Gasteiger partial charge in [-0.15, -0.1) is 0 Å². The van der Waals surface area contributed by atoms with Crippen LogP contribution in [0.2, 0.25) is 0 Å². The van der Waals surface area contributed by atoms with E-state index < -0.39 is 6.29 Å². The molecule has 0 saturated carbocycles. The number of rotatable bonds is 6. The van der Waals surface area contributed by atoms with Crippen LogP contribution in [0.15, 0.2) is 60.2 Å². The largest absolute Gasteiger partial charge is 0.349 e. The Morgan fingerprint density at radius 2 is 2.07 bits per heavy atom. The molecule has 5 nitrogen and oxygen atoms in total. The van der Waals surface area contributed by atoms with Crippen molar-refractivity contribution in [3.63, 3.8) is 0 Å². The van der Waals surface area contributed by atoms with E-state index in [0.29, 0.717) is 32.8 Å². The minimum atomic E-state index is -0.486. The van der Waals surface area contributed by atoms with Crippen LogP contribution >= 0.6 is 0 Å². The van der Waals surface area contributed by atoms with Crippen LogP contribution in [0.5, 0.6) is 0 Å². The molecule has 0 bridgehead atoms. The third kappa shape index (κ3) is 4.90. The normalized spacial score (nSPS) is 22.4. The van der Waals surface area contributed by atoms with Crippen molar-refractivity contribution in [2.24, 2.45) is 0 Å². The standard InChI is InChI=1S/C23H25FN2O3/c1-16-3-2-4-17(11-16)15-29-23-22(19-5-7-20(24)8-6-19)26(9-10-28-23)14-18-12-21(27)25-13-18/h2-8,11-12,22-23H,9-10,13-15H2,1H3,(H,25,27)/t22-,23+/m0/s1. The van der Waals surface area contributed by atoms with E-state index in [-0.39, 0.29) is 17.8 Å². The number of ether oxygens (including phenoxy) is 2. The van der Waals surface area contributed by atoms with Gasteiger partial charge in [0.15, 0.2) is 6.29 Å². The van der Waals surface area contributed by atoms with E-state index in [2.05, 4.69) is 16.3 Å². The number of aryl methyl sites for hydroxylation is 1. The quantitative estimate of drug-likeness (QED) is 0.815. The Morgan fingerprint density at radius 3 is 2.79 bits per heavy atom. The molecule has 0 spiro atoms. The maximum absolute atomic E-state index is 13.5. The molecule has 1 saturated heterocycles. The van der Waals surface area contributed by atoms with Gasteiger partial charge in [0.1, 0.15) is 5.82 Å². The highest BCUT2D eigenvalue weighted by atomic mass is 19.1. The van der Waals surface area contributed by atoms with Crippen molar-refractivity contribution in [2.45, 2.75) is 25.9 Å². The molecule has 29 heavy (non-hydrogen) atoms. The maximum atomic E-state index is 13.5. The number of halogens is 1. The van der Waals surface area contributed by atoms with Gasteiger partial charge in [0.25, 0.3) is 0 Å². The summed E-state index contributed by atoms with van der Waals surface area (Å²) >= 11 is 0. The Hall–Kier alpha value is -2.54. The molecule has 2 aromatic carbocycles. The molecule has 2 atom stereocenters. The van der Waals surface area contributed by atoms with Crippen LogP contribution in [-0.2, 0) is 20.9 Å². The van der Waals surface area contributed by atoms with Gasteiger partial charge in [-0.05, 0) is 35.8 Å². The molecule has 4 rings (SSSR count). The molecule has 2 aliphatic rings. The summed E-state index contributed by atoms with van der Waals surface area (Å²) in [7, 11) is 0. The fourth-order valence-electron chi connectivity index (χ4n) is 3.86. The van der Waals surface area contributed by atoms with Gasteiger partial charge in [-0.1, -0.05) is 42.0 Å². The topological polar surface area (TPSA) is 50.8 Å². The second-order valence-corrected chi connectivity index (χ2v) is 7.53. The minimum absolute atomic E-state index is 0.0566. The highest BCUT2D eigenvalue weighted by Crippen LogP contribution is 2.32. The first-order valence-corrected chi connectivity index (χ1v) is 9.84. The third-order valence-corrected chi connectivity index (χ3v) is 5.25. The van der Waals surface area contributed by atoms with Crippen LogP contribution in [0.4, 0.5) is 4.39 Å². The molecule has 1 N–H and O–H groups in total. The summed E-state index contributed by atoms with van der Waals surface area (Å²) in [5, 5.41) is 2.81. The average Bonchev–Trinajstić information content (AvgIpc) is 3.12. The van der Waals surface area contributed by atoms with Gasteiger partial charge in [-0.25, -0.2) is 4.39 Å². The zero-order chi connectivity index (χ0) is 20.2. The molecule has 2 aromatic rings. The smallest absolute Gasteiger partial charge is 0.244 e. The molecule has 2 aliphatic heterocycles. The number of hydrogen-bond acceptors (Lipinski definition) is 4. The Bertz CT molecular complexity index is 897. The van der Waals surface area contributed by atoms with Crippen molar-refractivity contribution in [2.75, 3.05) is 26.2 Å². The minimum Gasteiger partial charge on any atom is -0.349 e. The van der Waals surface area contributed by atoms with Crippen molar-refractivity contribution >= 4 is 5.91 Å². The van der Waals surface area contributed by atoms with Crippen LogP contribution in [0.25, 0.3) is 0 Å². The first-order chi connectivity index (χ1) is 14.1. The second kappa shape index (κ2) is 8.86. The zero-order valence-corrected chi connectivity index (χ0v) is 16.4.